The van der Waals surface area contributed by atoms with Crippen molar-refractivity contribution < 1.29 is 14.7 Å². The Morgan fingerprint density at radius 1 is 1.39 bits per heavy atom. The number of fused-ring (bicyclic) bond motifs is 1. The van der Waals surface area contributed by atoms with Crippen LogP contribution in [-0.2, 0) is 17.6 Å². The van der Waals surface area contributed by atoms with Crippen LogP contribution in [0, 0.1) is 11.3 Å². The van der Waals surface area contributed by atoms with Crippen LogP contribution in [0.1, 0.15) is 61.3 Å². The summed E-state index contributed by atoms with van der Waals surface area (Å²) in [5.41, 5.74) is 2.29. The molecular weight excluding hydrogens is 310 g/mol. The van der Waals surface area contributed by atoms with Crippen molar-refractivity contribution in [2.45, 2.75) is 53.4 Å². The minimum absolute atomic E-state index is 0.00198. The van der Waals surface area contributed by atoms with Gasteiger partial charge in [0.05, 0.1) is 12.0 Å². The Hall–Kier alpha value is -1.36. The quantitative estimate of drug-likeness (QED) is 0.888. The lowest BCUT2D eigenvalue weighted by atomic mass is 9.72. The molecule has 23 heavy (non-hydrogen) atoms. The zero-order valence-electron chi connectivity index (χ0n) is 14.5. The van der Waals surface area contributed by atoms with Crippen LogP contribution in [0.4, 0.5) is 0 Å². The SMILES string of the molecule is CCN(CCC(=O)O)C(=O)c1csc2c1CCC(C(C)(C)C)C2. The third-order valence-corrected chi connectivity index (χ3v) is 5.93. The second-order valence-electron chi connectivity index (χ2n) is 7.39. The molecule has 1 aliphatic rings. The molecule has 1 unspecified atom stereocenters. The number of nitrogens with zero attached hydrogens (tertiary/aromatic N) is 1. The molecule has 0 fully saturated rings. The summed E-state index contributed by atoms with van der Waals surface area (Å²) in [5, 5.41) is 10.8. The molecule has 128 valence electrons. The van der Waals surface area contributed by atoms with Crippen LogP contribution in [0.5, 0.6) is 0 Å². The monoisotopic (exact) mass is 337 g/mol. The van der Waals surface area contributed by atoms with Crippen molar-refractivity contribution in [2.75, 3.05) is 13.1 Å². The van der Waals surface area contributed by atoms with E-state index in [2.05, 4.69) is 20.8 Å². The van der Waals surface area contributed by atoms with Crippen molar-refractivity contribution in [3.63, 3.8) is 0 Å². The normalized spacial score (nSPS) is 17.7. The standard InChI is InChI=1S/C18H27NO3S/c1-5-19(9-8-16(20)21)17(22)14-11-23-15-10-12(18(2,3)4)6-7-13(14)15/h11-12H,5-10H2,1-4H3,(H,20,21). The third-order valence-electron chi connectivity index (χ3n) is 4.88. The molecule has 0 aliphatic heterocycles. The number of amides is 1. The molecule has 1 aliphatic carbocycles. The molecule has 5 heteroatoms. The second kappa shape index (κ2) is 7.04. The zero-order chi connectivity index (χ0) is 17.2. The van der Waals surface area contributed by atoms with Gasteiger partial charge in [-0.05, 0) is 43.1 Å². The van der Waals surface area contributed by atoms with E-state index in [9.17, 15) is 9.59 Å². The van der Waals surface area contributed by atoms with E-state index in [1.54, 1.807) is 16.2 Å². The first kappa shape index (κ1) is 18.0. The van der Waals surface area contributed by atoms with Gasteiger partial charge < -0.3 is 10.0 Å². The van der Waals surface area contributed by atoms with Gasteiger partial charge in [-0.3, -0.25) is 9.59 Å². The highest BCUT2D eigenvalue weighted by Crippen LogP contribution is 2.40. The van der Waals surface area contributed by atoms with E-state index >= 15 is 0 Å². The Morgan fingerprint density at radius 2 is 2.09 bits per heavy atom. The van der Waals surface area contributed by atoms with E-state index in [-0.39, 0.29) is 18.9 Å². The summed E-state index contributed by atoms with van der Waals surface area (Å²) in [6.45, 7) is 9.57. The van der Waals surface area contributed by atoms with Gasteiger partial charge >= 0.3 is 5.97 Å². The Labute approximate surface area is 142 Å². The van der Waals surface area contributed by atoms with E-state index in [1.165, 1.54) is 10.4 Å². The molecule has 1 atom stereocenters. The summed E-state index contributed by atoms with van der Waals surface area (Å²) in [7, 11) is 0. The van der Waals surface area contributed by atoms with Gasteiger partial charge in [0.25, 0.3) is 5.91 Å². The van der Waals surface area contributed by atoms with Gasteiger partial charge in [-0.15, -0.1) is 11.3 Å². The van der Waals surface area contributed by atoms with Gasteiger partial charge in [0.2, 0.25) is 0 Å². The number of carboxylic acid groups (broad SMARTS) is 1. The van der Waals surface area contributed by atoms with E-state index < -0.39 is 5.97 Å². The third kappa shape index (κ3) is 4.14. The first-order chi connectivity index (χ1) is 10.7. The summed E-state index contributed by atoms with van der Waals surface area (Å²) in [5.74, 6) is -0.219. The summed E-state index contributed by atoms with van der Waals surface area (Å²) in [6, 6.07) is 0. The summed E-state index contributed by atoms with van der Waals surface area (Å²) in [4.78, 5) is 26.5. The maximum absolute atomic E-state index is 12.7. The molecule has 0 radical (unpaired) electrons. The van der Waals surface area contributed by atoms with Gasteiger partial charge in [-0.1, -0.05) is 20.8 Å². The van der Waals surface area contributed by atoms with Crippen LogP contribution in [0.15, 0.2) is 5.38 Å². The predicted octanol–water partition coefficient (Wildman–Crippen LogP) is 3.84. The van der Waals surface area contributed by atoms with E-state index in [1.807, 2.05) is 12.3 Å². The lowest BCUT2D eigenvalue weighted by Gasteiger charge is -2.34. The average Bonchev–Trinajstić information content (AvgIpc) is 2.89. The van der Waals surface area contributed by atoms with E-state index in [0.29, 0.717) is 17.9 Å². The Bertz CT molecular complexity index is 586. The topological polar surface area (TPSA) is 57.6 Å². The summed E-state index contributed by atoms with van der Waals surface area (Å²) >= 11 is 1.69. The van der Waals surface area contributed by atoms with E-state index in [0.717, 1.165) is 24.8 Å². The molecule has 0 saturated carbocycles. The molecule has 1 heterocycles. The Morgan fingerprint density at radius 3 is 2.65 bits per heavy atom. The molecule has 1 N–H and O–H groups in total. The molecule has 0 spiro atoms. The summed E-state index contributed by atoms with van der Waals surface area (Å²) < 4.78 is 0. The smallest absolute Gasteiger partial charge is 0.305 e. The number of hydrogen-bond acceptors (Lipinski definition) is 3. The van der Waals surface area contributed by atoms with Crippen LogP contribution >= 0.6 is 11.3 Å². The van der Waals surface area contributed by atoms with Gasteiger partial charge in [-0.25, -0.2) is 0 Å². The van der Waals surface area contributed by atoms with Crippen LogP contribution in [0.2, 0.25) is 0 Å². The average molecular weight is 337 g/mol. The molecule has 4 nitrogen and oxygen atoms in total. The number of hydrogen-bond donors (Lipinski definition) is 1. The number of aliphatic carboxylic acids is 1. The highest BCUT2D eigenvalue weighted by atomic mass is 32.1. The van der Waals surface area contributed by atoms with Gasteiger partial charge in [-0.2, -0.15) is 0 Å². The fourth-order valence-electron chi connectivity index (χ4n) is 3.24. The fraction of sp³-hybridized carbons (Fsp3) is 0.667. The molecular formula is C18H27NO3S. The minimum Gasteiger partial charge on any atom is -0.481 e. The Balaban J connectivity index is 2.15. The first-order valence-corrected chi connectivity index (χ1v) is 9.22. The van der Waals surface area contributed by atoms with Crippen molar-refractivity contribution in [3.8, 4) is 0 Å². The predicted molar refractivity (Wildman–Crippen MR) is 93.1 cm³/mol. The highest BCUT2D eigenvalue weighted by molar-refractivity contribution is 7.10. The fourth-order valence-corrected chi connectivity index (χ4v) is 4.39. The molecule has 0 bridgehead atoms. The first-order valence-electron chi connectivity index (χ1n) is 8.34. The van der Waals surface area contributed by atoms with Crippen LogP contribution < -0.4 is 0 Å². The zero-order valence-corrected chi connectivity index (χ0v) is 15.3. The van der Waals surface area contributed by atoms with Crippen LogP contribution in [0.3, 0.4) is 0 Å². The van der Waals surface area contributed by atoms with Gasteiger partial charge in [0.1, 0.15) is 0 Å². The highest BCUT2D eigenvalue weighted by Gasteiger charge is 2.32. The molecule has 1 aromatic heterocycles. The lowest BCUT2D eigenvalue weighted by Crippen LogP contribution is -2.33. The minimum atomic E-state index is -0.864. The van der Waals surface area contributed by atoms with Crippen molar-refractivity contribution in [2.24, 2.45) is 11.3 Å². The molecule has 2 rings (SSSR count). The van der Waals surface area contributed by atoms with Crippen molar-refractivity contribution in [1.29, 1.82) is 0 Å². The van der Waals surface area contributed by atoms with Gasteiger partial charge in [0, 0.05) is 23.3 Å². The van der Waals surface area contributed by atoms with Crippen LogP contribution in [0.25, 0.3) is 0 Å². The number of rotatable bonds is 5. The lowest BCUT2D eigenvalue weighted by molar-refractivity contribution is -0.137. The van der Waals surface area contributed by atoms with Gasteiger partial charge in [0.15, 0.2) is 0 Å². The maximum atomic E-state index is 12.7. The largest absolute Gasteiger partial charge is 0.481 e. The maximum Gasteiger partial charge on any atom is 0.305 e. The molecule has 1 aromatic rings. The number of carboxylic acids is 1. The molecule has 1 amide bonds. The number of thiophene rings is 1. The Kier molecular flexibility index (Phi) is 5.50. The number of carbonyl (C=O) groups is 2. The van der Waals surface area contributed by atoms with Crippen molar-refractivity contribution in [3.05, 3.63) is 21.4 Å². The van der Waals surface area contributed by atoms with Crippen molar-refractivity contribution >= 4 is 23.2 Å². The summed E-state index contributed by atoms with van der Waals surface area (Å²) in [6.07, 6.45) is 3.13. The number of carbonyl (C=O) groups excluding carboxylic acids is 1. The molecule has 0 saturated heterocycles. The van der Waals surface area contributed by atoms with Crippen molar-refractivity contribution in [1.82, 2.24) is 4.90 Å². The molecule has 0 aromatic carbocycles. The van der Waals surface area contributed by atoms with E-state index in [4.69, 9.17) is 5.11 Å². The second-order valence-corrected chi connectivity index (χ2v) is 8.35. The van der Waals surface area contributed by atoms with Crippen LogP contribution in [-0.4, -0.2) is 35.0 Å².